The van der Waals surface area contributed by atoms with E-state index in [-0.39, 0.29) is 17.9 Å². The number of carbonyl (C=O) groups excluding carboxylic acids is 2. The van der Waals surface area contributed by atoms with Gasteiger partial charge in [-0.25, -0.2) is 4.98 Å². The molecule has 2 aromatic rings. The van der Waals surface area contributed by atoms with Crippen LogP contribution in [0.3, 0.4) is 0 Å². The van der Waals surface area contributed by atoms with Crippen LogP contribution in [-0.2, 0) is 11.3 Å². The first-order valence-electron chi connectivity index (χ1n) is 11.5. The number of amides is 2. The fraction of sp³-hybridized carbons (Fsp3) is 0.542. The SMILES string of the molecule is COc1ccc(CN2CCN(C(C)=O)CC2)cc1OC1CCN(C(=O)c2csc(C)n2)CC1. The summed E-state index contributed by atoms with van der Waals surface area (Å²) in [6.07, 6.45) is 1.58. The molecule has 3 heterocycles. The average Bonchev–Trinajstić information content (AvgIpc) is 3.26. The van der Waals surface area contributed by atoms with Gasteiger partial charge in [0, 0.05) is 71.0 Å². The smallest absolute Gasteiger partial charge is 0.273 e. The number of aromatic nitrogens is 1. The van der Waals surface area contributed by atoms with Crippen LogP contribution in [0.15, 0.2) is 23.6 Å². The van der Waals surface area contributed by atoms with Gasteiger partial charge in [-0.15, -0.1) is 11.3 Å². The number of thiazole rings is 1. The first-order chi connectivity index (χ1) is 15.9. The zero-order valence-electron chi connectivity index (χ0n) is 19.6. The number of piperidine rings is 1. The topological polar surface area (TPSA) is 75.2 Å². The van der Waals surface area contributed by atoms with Crippen LogP contribution in [0.2, 0.25) is 0 Å². The highest BCUT2D eigenvalue weighted by Crippen LogP contribution is 2.31. The highest BCUT2D eigenvalue weighted by molar-refractivity contribution is 7.09. The van der Waals surface area contributed by atoms with Crippen LogP contribution in [0.25, 0.3) is 0 Å². The van der Waals surface area contributed by atoms with E-state index in [0.717, 1.165) is 67.6 Å². The van der Waals surface area contributed by atoms with E-state index in [2.05, 4.69) is 22.0 Å². The van der Waals surface area contributed by atoms with Crippen molar-refractivity contribution in [3.05, 3.63) is 39.8 Å². The minimum atomic E-state index is 0.00208. The van der Waals surface area contributed by atoms with Crippen molar-refractivity contribution in [1.82, 2.24) is 19.7 Å². The fourth-order valence-electron chi connectivity index (χ4n) is 4.37. The van der Waals surface area contributed by atoms with Gasteiger partial charge < -0.3 is 19.3 Å². The van der Waals surface area contributed by atoms with Gasteiger partial charge in [-0.1, -0.05) is 6.07 Å². The molecule has 0 unspecified atom stereocenters. The maximum Gasteiger partial charge on any atom is 0.273 e. The number of ether oxygens (including phenoxy) is 2. The number of rotatable bonds is 6. The third-order valence-electron chi connectivity index (χ3n) is 6.31. The van der Waals surface area contributed by atoms with Crippen molar-refractivity contribution in [2.45, 2.75) is 39.3 Å². The summed E-state index contributed by atoms with van der Waals surface area (Å²) < 4.78 is 11.9. The molecule has 0 spiro atoms. The van der Waals surface area contributed by atoms with Crippen LogP contribution >= 0.6 is 11.3 Å². The van der Waals surface area contributed by atoms with Gasteiger partial charge in [-0.05, 0) is 24.6 Å². The third kappa shape index (κ3) is 5.83. The molecule has 0 atom stereocenters. The molecule has 1 aromatic heterocycles. The van der Waals surface area contributed by atoms with Gasteiger partial charge in [0.2, 0.25) is 5.91 Å². The zero-order valence-corrected chi connectivity index (χ0v) is 20.4. The number of piperazine rings is 1. The molecule has 2 saturated heterocycles. The average molecular weight is 473 g/mol. The number of carbonyl (C=O) groups is 2. The summed E-state index contributed by atoms with van der Waals surface area (Å²) in [6.45, 7) is 8.94. The predicted molar refractivity (Wildman–Crippen MR) is 127 cm³/mol. The molecule has 33 heavy (non-hydrogen) atoms. The molecule has 0 radical (unpaired) electrons. The molecule has 2 fully saturated rings. The normalized spacial score (nSPS) is 17.8. The Bertz CT molecular complexity index is 979. The fourth-order valence-corrected chi connectivity index (χ4v) is 4.96. The molecule has 2 amide bonds. The minimum Gasteiger partial charge on any atom is -0.493 e. The second-order valence-corrected chi connectivity index (χ2v) is 9.69. The summed E-state index contributed by atoms with van der Waals surface area (Å²) in [5.74, 6) is 1.61. The van der Waals surface area contributed by atoms with Gasteiger partial charge in [0.15, 0.2) is 11.5 Å². The Labute approximate surface area is 199 Å². The quantitative estimate of drug-likeness (QED) is 0.644. The highest BCUT2D eigenvalue weighted by atomic mass is 32.1. The molecule has 178 valence electrons. The number of benzene rings is 1. The molecule has 1 aromatic carbocycles. The van der Waals surface area contributed by atoms with Crippen molar-refractivity contribution in [2.75, 3.05) is 46.4 Å². The Morgan fingerprint density at radius 3 is 2.39 bits per heavy atom. The van der Waals surface area contributed by atoms with Crippen molar-refractivity contribution in [1.29, 1.82) is 0 Å². The van der Waals surface area contributed by atoms with Crippen LogP contribution in [0.4, 0.5) is 0 Å². The standard InChI is InChI=1S/C24H32N4O4S/c1-17-25-21(16-33-17)24(30)28-8-6-20(7-9-28)32-23-14-19(4-5-22(23)31-3)15-26-10-12-27(13-11-26)18(2)29/h4-5,14,16,20H,6-13,15H2,1-3H3. The monoisotopic (exact) mass is 472 g/mol. The molecule has 0 aliphatic carbocycles. The van der Waals surface area contributed by atoms with Crippen molar-refractivity contribution in [3.8, 4) is 11.5 Å². The van der Waals surface area contributed by atoms with E-state index < -0.39 is 0 Å². The molecule has 2 aliphatic heterocycles. The molecule has 2 aliphatic rings. The lowest BCUT2D eigenvalue weighted by molar-refractivity contribution is -0.130. The molecular formula is C24H32N4O4S. The van der Waals surface area contributed by atoms with Crippen molar-refractivity contribution in [3.63, 3.8) is 0 Å². The lowest BCUT2D eigenvalue weighted by Gasteiger charge is -2.34. The van der Waals surface area contributed by atoms with E-state index in [1.807, 2.05) is 28.2 Å². The van der Waals surface area contributed by atoms with Gasteiger partial charge in [-0.3, -0.25) is 14.5 Å². The Morgan fingerprint density at radius 2 is 1.79 bits per heavy atom. The summed E-state index contributed by atoms with van der Waals surface area (Å²) in [6, 6.07) is 6.09. The summed E-state index contributed by atoms with van der Waals surface area (Å²) in [5.41, 5.74) is 1.70. The summed E-state index contributed by atoms with van der Waals surface area (Å²) in [4.78, 5) is 34.6. The Morgan fingerprint density at radius 1 is 1.06 bits per heavy atom. The lowest BCUT2D eigenvalue weighted by atomic mass is 10.1. The number of methoxy groups -OCH3 is 1. The van der Waals surface area contributed by atoms with E-state index in [1.165, 1.54) is 11.3 Å². The van der Waals surface area contributed by atoms with E-state index in [9.17, 15) is 9.59 Å². The second-order valence-electron chi connectivity index (χ2n) is 8.63. The number of nitrogens with zero attached hydrogens (tertiary/aromatic N) is 4. The second kappa shape index (κ2) is 10.5. The summed E-state index contributed by atoms with van der Waals surface area (Å²) in [7, 11) is 1.65. The Balaban J connectivity index is 1.33. The van der Waals surface area contributed by atoms with Gasteiger partial charge in [0.1, 0.15) is 11.8 Å². The van der Waals surface area contributed by atoms with Crippen molar-refractivity contribution in [2.24, 2.45) is 0 Å². The van der Waals surface area contributed by atoms with Gasteiger partial charge in [0.05, 0.1) is 12.1 Å². The van der Waals surface area contributed by atoms with Crippen LogP contribution in [0, 0.1) is 6.92 Å². The van der Waals surface area contributed by atoms with Crippen LogP contribution < -0.4 is 9.47 Å². The largest absolute Gasteiger partial charge is 0.493 e. The first kappa shape index (κ1) is 23.5. The van der Waals surface area contributed by atoms with E-state index >= 15 is 0 Å². The summed E-state index contributed by atoms with van der Waals surface area (Å²) >= 11 is 1.50. The van der Waals surface area contributed by atoms with E-state index in [0.29, 0.717) is 18.8 Å². The molecule has 0 bridgehead atoms. The molecular weight excluding hydrogens is 440 g/mol. The van der Waals surface area contributed by atoms with Gasteiger partial charge >= 0.3 is 0 Å². The summed E-state index contributed by atoms with van der Waals surface area (Å²) in [5, 5.41) is 2.74. The Kier molecular flexibility index (Phi) is 7.49. The molecule has 0 N–H and O–H groups in total. The highest BCUT2D eigenvalue weighted by Gasteiger charge is 2.27. The molecule has 8 nitrogen and oxygen atoms in total. The van der Waals surface area contributed by atoms with Crippen LogP contribution in [0.1, 0.15) is 40.8 Å². The zero-order chi connectivity index (χ0) is 23.4. The predicted octanol–water partition coefficient (Wildman–Crippen LogP) is 2.81. The minimum absolute atomic E-state index is 0.00208. The van der Waals surface area contributed by atoms with Crippen LogP contribution in [0.5, 0.6) is 11.5 Å². The van der Waals surface area contributed by atoms with E-state index in [4.69, 9.17) is 9.47 Å². The number of aryl methyl sites for hydroxylation is 1. The van der Waals surface area contributed by atoms with Gasteiger partial charge in [-0.2, -0.15) is 0 Å². The molecule has 9 heteroatoms. The van der Waals surface area contributed by atoms with Crippen LogP contribution in [-0.4, -0.2) is 84.0 Å². The Hall–Kier alpha value is -2.65. The first-order valence-corrected chi connectivity index (χ1v) is 12.3. The van der Waals surface area contributed by atoms with E-state index in [1.54, 1.807) is 14.0 Å². The molecule has 4 rings (SSSR count). The van der Waals surface area contributed by atoms with Crippen molar-refractivity contribution >= 4 is 23.2 Å². The van der Waals surface area contributed by atoms with Crippen molar-refractivity contribution < 1.29 is 19.1 Å². The lowest BCUT2D eigenvalue weighted by Crippen LogP contribution is -2.47. The number of hydrogen-bond donors (Lipinski definition) is 0. The third-order valence-corrected chi connectivity index (χ3v) is 7.09. The van der Waals surface area contributed by atoms with Gasteiger partial charge in [0.25, 0.3) is 5.91 Å². The maximum absolute atomic E-state index is 12.7. The maximum atomic E-state index is 12.7. The molecule has 0 saturated carbocycles. The number of likely N-dealkylation sites (tertiary alicyclic amines) is 1. The number of hydrogen-bond acceptors (Lipinski definition) is 7.